The molecule has 2 atom stereocenters. The molecule has 0 spiro atoms. The molecule has 4 N–H and O–H groups in total. The summed E-state index contributed by atoms with van der Waals surface area (Å²) in [5.41, 5.74) is 0.526. The first-order valence-corrected chi connectivity index (χ1v) is 14.2. The van der Waals surface area contributed by atoms with Crippen LogP contribution >= 0.6 is 11.8 Å². The number of anilines is 1. The molecule has 2 heterocycles. The maximum atomic E-state index is 13.3. The lowest BCUT2D eigenvalue weighted by Crippen LogP contribution is -2.47. The molecule has 2 unspecified atom stereocenters. The number of aliphatic carboxylic acids is 4. The van der Waals surface area contributed by atoms with E-state index < -0.39 is 35.6 Å². The number of thioether (sulfide) groups is 1. The molecule has 1 saturated heterocycles. The smallest absolute Gasteiger partial charge is 0.416 e. The SMILES string of the molecule is CN1CCN(CCCN2c3ccccc3SC3C=CC(C(F)(F)F)=CC32)CC1.O=C(O)/C=C\C(=O)O.O=C(O)/C=C\C(=O)O. The number of hydrogen-bond acceptors (Lipinski definition) is 8. The number of carboxylic acid groups (broad SMARTS) is 4. The number of nitrogens with zero attached hydrogens (tertiary/aromatic N) is 3. The van der Waals surface area contributed by atoms with Crippen molar-refractivity contribution < 1.29 is 52.8 Å². The summed E-state index contributed by atoms with van der Waals surface area (Å²) in [5.74, 6) is -5.03. The number of halogens is 3. The topological polar surface area (TPSA) is 159 Å². The van der Waals surface area contributed by atoms with Gasteiger partial charge in [-0.15, -0.1) is 11.8 Å². The third-order valence-electron chi connectivity index (χ3n) is 6.48. The molecule has 2 aliphatic heterocycles. The summed E-state index contributed by atoms with van der Waals surface area (Å²) < 4.78 is 39.9. The van der Waals surface area contributed by atoms with Crippen LogP contribution in [0.4, 0.5) is 18.9 Å². The molecule has 240 valence electrons. The second-order valence-corrected chi connectivity index (χ2v) is 11.0. The van der Waals surface area contributed by atoms with Crippen LogP contribution in [0.2, 0.25) is 0 Å². The predicted octanol–water partition coefficient (Wildman–Crippen LogP) is 3.46. The maximum absolute atomic E-state index is 13.3. The Balaban J connectivity index is 0.000000349. The Morgan fingerprint density at radius 2 is 1.39 bits per heavy atom. The Morgan fingerprint density at radius 3 is 1.89 bits per heavy atom. The first kappa shape index (κ1) is 36.1. The van der Waals surface area contributed by atoms with Crippen LogP contribution in [-0.2, 0) is 19.2 Å². The third kappa shape index (κ3) is 12.7. The summed E-state index contributed by atoms with van der Waals surface area (Å²) in [7, 11) is 2.14. The van der Waals surface area contributed by atoms with E-state index in [1.54, 1.807) is 17.8 Å². The quantitative estimate of drug-likeness (QED) is 0.307. The van der Waals surface area contributed by atoms with Crippen molar-refractivity contribution in [3.63, 3.8) is 0 Å². The Labute approximate surface area is 256 Å². The van der Waals surface area contributed by atoms with E-state index in [0.29, 0.717) is 24.3 Å². The highest BCUT2D eigenvalue weighted by Gasteiger charge is 2.40. The largest absolute Gasteiger partial charge is 0.478 e. The van der Waals surface area contributed by atoms with E-state index in [-0.39, 0.29) is 11.3 Å². The van der Waals surface area contributed by atoms with Crippen LogP contribution in [0.25, 0.3) is 0 Å². The summed E-state index contributed by atoms with van der Waals surface area (Å²) in [6.07, 6.45) is 3.27. The zero-order chi connectivity index (χ0) is 32.9. The fraction of sp³-hybridized carbons (Fsp3) is 0.379. The van der Waals surface area contributed by atoms with Gasteiger partial charge in [-0.1, -0.05) is 24.3 Å². The molecular formula is C29H34F3N3O8S. The molecule has 1 aromatic carbocycles. The highest BCUT2D eigenvalue weighted by atomic mass is 32.2. The van der Waals surface area contributed by atoms with Crippen molar-refractivity contribution in [3.05, 3.63) is 72.4 Å². The van der Waals surface area contributed by atoms with Gasteiger partial charge in [0.2, 0.25) is 0 Å². The van der Waals surface area contributed by atoms with Crippen LogP contribution in [0.5, 0.6) is 0 Å². The van der Waals surface area contributed by atoms with Crippen molar-refractivity contribution in [1.29, 1.82) is 0 Å². The zero-order valence-corrected chi connectivity index (χ0v) is 24.6. The monoisotopic (exact) mass is 641 g/mol. The number of para-hydroxylation sites is 1. The average molecular weight is 642 g/mol. The van der Waals surface area contributed by atoms with E-state index in [9.17, 15) is 32.3 Å². The van der Waals surface area contributed by atoms with Crippen LogP contribution in [-0.4, -0.2) is 118 Å². The second kappa shape index (κ2) is 17.3. The molecule has 0 saturated carbocycles. The van der Waals surface area contributed by atoms with Crippen molar-refractivity contribution in [1.82, 2.24) is 9.80 Å². The highest BCUT2D eigenvalue weighted by Crippen LogP contribution is 2.45. The molecule has 0 amide bonds. The number of alkyl halides is 3. The number of hydrogen-bond donors (Lipinski definition) is 4. The Morgan fingerprint density at radius 1 is 0.864 bits per heavy atom. The van der Waals surface area contributed by atoms with Crippen LogP contribution in [0.1, 0.15) is 6.42 Å². The molecule has 1 aromatic rings. The number of rotatable bonds is 8. The molecule has 3 aliphatic rings. The molecule has 0 bridgehead atoms. The number of carbonyl (C=O) groups is 4. The number of carboxylic acids is 4. The number of benzene rings is 1. The third-order valence-corrected chi connectivity index (χ3v) is 7.79. The lowest BCUT2D eigenvalue weighted by Gasteiger charge is -2.43. The molecule has 0 radical (unpaired) electrons. The van der Waals surface area contributed by atoms with Crippen molar-refractivity contribution in [2.24, 2.45) is 0 Å². The molecule has 1 fully saturated rings. The minimum absolute atomic E-state index is 0.0182. The maximum Gasteiger partial charge on any atom is 0.416 e. The Bertz CT molecular complexity index is 1220. The van der Waals surface area contributed by atoms with E-state index >= 15 is 0 Å². The van der Waals surface area contributed by atoms with Gasteiger partial charge >= 0.3 is 30.1 Å². The van der Waals surface area contributed by atoms with Crippen molar-refractivity contribution in [2.75, 3.05) is 51.2 Å². The normalized spacial score (nSPS) is 20.0. The fourth-order valence-electron chi connectivity index (χ4n) is 4.40. The summed E-state index contributed by atoms with van der Waals surface area (Å²) in [6.45, 7) is 6.04. The molecule has 4 rings (SSSR count). The van der Waals surface area contributed by atoms with Gasteiger partial charge in [-0.2, -0.15) is 13.2 Å². The second-order valence-electron chi connectivity index (χ2n) is 9.73. The first-order valence-electron chi connectivity index (χ1n) is 13.4. The summed E-state index contributed by atoms with van der Waals surface area (Å²) >= 11 is 1.66. The molecule has 11 nitrogen and oxygen atoms in total. The van der Waals surface area contributed by atoms with Crippen LogP contribution in [0, 0.1) is 0 Å². The van der Waals surface area contributed by atoms with Crippen molar-refractivity contribution in [2.45, 2.75) is 28.8 Å². The van der Waals surface area contributed by atoms with Gasteiger partial charge in [-0.05, 0) is 38.2 Å². The van der Waals surface area contributed by atoms with Crippen molar-refractivity contribution in [3.8, 4) is 0 Å². The highest BCUT2D eigenvalue weighted by molar-refractivity contribution is 8.00. The Hall–Kier alpha value is -4.08. The number of likely N-dealkylation sites (N-methyl/N-ethyl adjacent to an activating group) is 1. The van der Waals surface area contributed by atoms with Crippen molar-refractivity contribution >= 4 is 41.3 Å². The minimum Gasteiger partial charge on any atom is -0.478 e. The average Bonchev–Trinajstić information content (AvgIpc) is 2.95. The lowest BCUT2D eigenvalue weighted by atomic mass is 9.99. The zero-order valence-electron chi connectivity index (χ0n) is 23.8. The molecule has 15 heteroatoms. The summed E-state index contributed by atoms with van der Waals surface area (Å²) in [6, 6.07) is 7.82. The van der Waals surface area contributed by atoms with E-state index in [0.717, 1.165) is 56.3 Å². The number of allylic oxidation sites excluding steroid dienone is 2. The minimum atomic E-state index is -4.30. The van der Waals surface area contributed by atoms with Gasteiger partial charge in [0.15, 0.2) is 0 Å². The molecule has 0 aromatic heterocycles. The lowest BCUT2D eigenvalue weighted by molar-refractivity contribution is -0.134. The number of piperazine rings is 1. The van der Waals surface area contributed by atoms with E-state index in [1.807, 2.05) is 18.2 Å². The van der Waals surface area contributed by atoms with Gasteiger partial charge in [0, 0.05) is 61.9 Å². The van der Waals surface area contributed by atoms with Gasteiger partial charge in [0.05, 0.1) is 22.6 Å². The van der Waals surface area contributed by atoms with Gasteiger partial charge in [-0.3, -0.25) is 0 Å². The predicted molar refractivity (Wildman–Crippen MR) is 158 cm³/mol. The molecule has 1 aliphatic carbocycles. The molecule has 44 heavy (non-hydrogen) atoms. The Kier molecular flexibility index (Phi) is 14.2. The van der Waals surface area contributed by atoms with Crippen LogP contribution in [0.3, 0.4) is 0 Å². The summed E-state index contributed by atoms with van der Waals surface area (Å²) in [4.78, 5) is 46.3. The fourth-order valence-corrected chi connectivity index (χ4v) is 5.68. The number of fused-ring (bicyclic) bond motifs is 2. The van der Waals surface area contributed by atoms with E-state index in [1.165, 1.54) is 12.2 Å². The van der Waals surface area contributed by atoms with Gasteiger partial charge < -0.3 is 35.1 Å². The molecular weight excluding hydrogens is 607 g/mol. The van der Waals surface area contributed by atoms with Crippen LogP contribution < -0.4 is 4.90 Å². The summed E-state index contributed by atoms with van der Waals surface area (Å²) in [5, 5.41) is 31.3. The van der Waals surface area contributed by atoms with E-state index in [2.05, 4.69) is 27.8 Å². The van der Waals surface area contributed by atoms with Gasteiger partial charge in [-0.25, -0.2) is 19.2 Å². The first-order chi connectivity index (χ1) is 20.7. The standard InChI is InChI=1S/C21H26F3N3S.2C4H4O4/c1-25-11-13-26(14-12-25)9-4-10-27-17-5-2-3-6-19(17)28-20-8-7-16(15-18(20)27)21(22,23)24;2*5-3(6)1-2-4(7)8/h2-3,5-8,15,18,20H,4,9-14H2,1H3;2*1-2H,(H,5,6)(H,7,8)/b;2*2-1-. The van der Waals surface area contributed by atoms with Crippen LogP contribution in [0.15, 0.2) is 77.3 Å². The van der Waals surface area contributed by atoms with E-state index in [4.69, 9.17) is 20.4 Å². The van der Waals surface area contributed by atoms with Gasteiger partial charge in [0.25, 0.3) is 0 Å². The van der Waals surface area contributed by atoms with Gasteiger partial charge in [0.1, 0.15) is 0 Å².